The normalized spacial score (nSPS) is 11.2. The third kappa shape index (κ3) is 1.79. The fourth-order valence-corrected chi connectivity index (χ4v) is 1.90. The number of allylic oxidation sites excluding steroid dienone is 1. The molecule has 0 aliphatic rings. The number of nitrogens with one attached hydrogen (secondary N) is 1. The standard InChI is InChI=1S/C13H15N3O/c1-3-5-11-8(4-2)9-6-10(14)13(17-15)7-12(9)16-11/h3-7,16H,2,14-15H2,1H3/b5-3-. The van der Waals surface area contributed by atoms with Crippen molar-refractivity contribution in [2.75, 3.05) is 5.73 Å². The predicted octanol–water partition coefficient (Wildman–Crippen LogP) is 2.68. The summed E-state index contributed by atoms with van der Waals surface area (Å²) in [5.41, 5.74) is 9.27. The second-order valence-corrected chi connectivity index (χ2v) is 3.71. The number of anilines is 1. The van der Waals surface area contributed by atoms with Crippen LogP contribution in [0.2, 0.25) is 0 Å². The summed E-state index contributed by atoms with van der Waals surface area (Å²) < 4.78 is 0. The van der Waals surface area contributed by atoms with Gasteiger partial charge in [-0.25, -0.2) is 0 Å². The topological polar surface area (TPSA) is 77.1 Å². The second kappa shape index (κ2) is 4.35. The van der Waals surface area contributed by atoms with Crippen molar-refractivity contribution >= 4 is 28.7 Å². The van der Waals surface area contributed by atoms with E-state index < -0.39 is 0 Å². The molecule has 1 aromatic heterocycles. The van der Waals surface area contributed by atoms with Crippen LogP contribution in [0.5, 0.6) is 5.75 Å². The minimum absolute atomic E-state index is 0.460. The summed E-state index contributed by atoms with van der Waals surface area (Å²) in [6, 6.07) is 3.61. The maximum Gasteiger partial charge on any atom is 0.171 e. The molecule has 0 radical (unpaired) electrons. The van der Waals surface area contributed by atoms with Crippen LogP contribution in [0.1, 0.15) is 18.2 Å². The van der Waals surface area contributed by atoms with Crippen LogP contribution >= 0.6 is 0 Å². The zero-order valence-electron chi connectivity index (χ0n) is 9.66. The van der Waals surface area contributed by atoms with Gasteiger partial charge in [-0.3, -0.25) is 0 Å². The molecule has 0 unspecified atom stereocenters. The molecule has 0 amide bonds. The Balaban J connectivity index is 2.77. The fraction of sp³-hybridized carbons (Fsp3) is 0.0769. The van der Waals surface area contributed by atoms with Crippen molar-refractivity contribution < 1.29 is 4.84 Å². The molecule has 0 saturated heterocycles. The number of hydrogen-bond acceptors (Lipinski definition) is 3. The van der Waals surface area contributed by atoms with E-state index in [9.17, 15) is 0 Å². The molecule has 1 aromatic carbocycles. The van der Waals surface area contributed by atoms with Gasteiger partial charge in [-0.2, -0.15) is 5.90 Å². The van der Waals surface area contributed by atoms with Crippen LogP contribution in [-0.2, 0) is 0 Å². The molecule has 1 heterocycles. The molecule has 0 aliphatic heterocycles. The molecule has 17 heavy (non-hydrogen) atoms. The van der Waals surface area contributed by atoms with E-state index in [4.69, 9.17) is 16.5 Å². The van der Waals surface area contributed by atoms with Gasteiger partial charge in [0.1, 0.15) is 0 Å². The van der Waals surface area contributed by atoms with Gasteiger partial charge in [0, 0.05) is 22.7 Å². The van der Waals surface area contributed by atoms with Crippen LogP contribution in [-0.4, -0.2) is 4.98 Å². The lowest BCUT2D eigenvalue weighted by molar-refractivity contribution is 0.337. The number of nitrogen functional groups attached to an aromatic ring is 1. The average molecular weight is 229 g/mol. The van der Waals surface area contributed by atoms with Crippen molar-refractivity contribution in [1.29, 1.82) is 0 Å². The van der Waals surface area contributed by atoms with Crippen molar-refractivity contribution in [2.45, 2.75) is 6.92 Å². The van der Waals surface area contributed by atoms with Crippen LogP contribution in [0.15, 0.2) is 24.8 Å². The summed E-state index contributed by atoms with van der Waals surface area (Å²) in [7, 11) is 0. The molecule has 5 N–H and O–H groups in total. The lowest BCUT2D eigenvalue weighted by Crippen LogP contribution is -2.04. The van der Waals surface area contributed by atoms with Crippen LogP contribution in [0, 0.1) is 0 Å². The number of nitrogens with two attached hydrogens (primary N) is 2. The molecule has 2 aromatic rings. The van der Waals surface area contributed by atoms with Crippen molar-refractivity contribution in [2.24, 2.45) is 5.90 Å². The number of aromatic nitrogens is 1. The molecule has 0 spiro atoms. The number of rotatable bonds is 3. The summed E-state index contributed by atoms with van der Waals surface area (Å²) in [4.78, 5) is 7.98. The maximum atomic E-state index is 5.83. The van der Waals surface area contributed by atoms with Gasteiger partial charge in [-0.05, 0) is 19.1 Å². The molecule has 4 heteroatoms. The molecule has 4 nitrogen and oxygen atoms in total. The maximum absolute atomic E-state index is 5.83. The first-order chi connectivity index (χ1) is 8.21. The highest BCUT2D eigenvalue weighted by Crippen LogP contribution is 2.32. The van der Waals surface area contributed by atoms with E-state index in [2.05, 4.69) is 11.6 Å². The highest BCUT2D eigenvalue weighted by Gasteiger charge is 2.10. The molecule has 0 aliphatic carbocycles. The summed E-state index contributed by atoms with van der Waals surface area (Å²) >= 11 is 0. The van der Waals surface area contributed by atoms with Gasteiger partial charge in [0.2, 0.25) is 0 Å². The van der Waals surface area contributed by atoms with Gasteiger partial charge in [0.05, 0.1) is 11.2 Å². The van der Waals surface area contributed by atoms with Gasteiger partial charge in [0.15, 0.2) is 5.75 Å². The molecular formula is C13H15N3O. The SMILES string of the molecule is C=Cc1c(/C=C\C)[nH]c2cc(ON)c(N)cc12. The van der Waals surface area contributed by atoms with Crippen molar-refractivity contribution in [3.8, 4) is 5.75 Å². The molecule has 0 atom stereocenters. The summed E-state index contributed by atoms with van der Waals surface area (Å²) in [5, 5.41) is 1.01. The van der Waals surface area contributed by atoms with Crippen LogP contribution in [0.25, 0.3) is 23.1 Å². The first-order valence-electron chi connectivity index (χ1n) is 5.28. The van der Waals surface area contributed by atoms with E-state index in [0.717, 1.165) is 22.2 Å². The highest BCUT2D eigenvalue weighted by atomic mass is 16.6. The summed E-state index contributed by atoms with van der Waals surface area (Å²) in [6.07, 6.45) is 5.74. The number of hydrogen-bond donors (Lipinski definition) is 3. The number of benzene rings is 1. The average Bonchev–Trinajstić information content (AvgIpc) is 2.65. The largest absolute Gasteiger partial charge is 0.409 e. The van der Waals surface area contributed by atoms with Crippen LogP contribution in [0.3, 0.4) is 0 Å². The van der Waals surface area contributed by atoms with Gasteiger partial charge in [0.25, 0.3) is 0 Å². The van der Waals surface area contributed by atoms with E-state index >= 15 is 0 Å². The Kier molecular flexibility index (Phi) is 2.89. The molecule has 0 saturated carbocycles. The summed E-state index contributed by atoms with van der Waals surface area (Å²) in [6.45, 7) is 5.78. The molecule has 88 valence electrons. The van der Waals surface area contributed by atoms with Crippen LogP contribution < -0.4 is 16.5 Å². The van der Waals surface area contributed by atoms with Crippen molar-refractivity contribution in [3.05, 3.63) is 36.0 Å². The Hall–Kier alpha value is -2.20. The van der Waals surface area contributed by atoms with Crippen LogP contribution in [0.4, 0.5) is 5.69 Å². The van der Waals surface area contributed by atoms with Crippen molar-refractivity contribution in [3.63, 3.8) is 0 Å². The molecule has 0 bridgehead atoms. The van der Waals surface area contributed by atoms with Crippen molar-refractivity contribution in [1.82, 2.24) is 4.98 Å². The monoisotopic (exact) mass is 229 g/mol. The second-order valence-electron chi connectivity index (χ2n) is 3.71. The third-order valence-corrected chi connectivity index (χ3v) is 2.66. The Morgan fingerprint density at radius 3 is 2.76 bits per heavy atom. The first kappa shape index (κ1) is 11.3. The predicted molar refractivity (Wildman–Crippen MR) is 72.3 cm³/mol. The van der Waals surface area contributed by atoms with Gasteiger partial charge in [-0.1, -0.05) is 18.7 Å². The highest BCUT2D eigenvalue weighted by molar-refractivity contribution is 5.96. The smallest absolute Gasteiger partial charge is 0.171 e. The lowest BCUT2D eigenvalue weighted by atomic mass is 10.1. The van der Waals surface area contributed by atoms with E-state index in [1.807, 2.05) is 25.1 Å². The third-order valence-electron chi connectivity index (χ3n) is 2.66. The fourth-order valence-electron chi connectivity index (χ4n) is 1.90. The van der Waals surface area contributed by atoms with Gasteiger partial charge in [-0.15, -0.1) is 0 Å². The minimum Gasteiger partial charge on any atom is -0.409 e. The van der Waals surface area contributed by atoms with E-state index in [-0.39, 0.29) is 0 Å². The zero-order chi connectivity index (χ0) is 12.4. The Bertz CT molecular complexity index is 596. The molecule has 2 rings (SSSR count). The van der Waals surface area contributed by atoms with Gasteiger partial charge >= 0.3 is 0 Å². The Morgan fingerprint density at radius 1 is 1.41 bits per heavy atom. The zero-order valence-corrected chi connectivity index (χ0v) is 9.66. The Morgan fingerprint density at radius 2 is 2.18 bits per heavy atom. The summed E-state index contributed by atoms with van der Waals surface area (Å²) in [5.74, 6) is 5.61. The molecule has 0 fully saturated rings. The van der Waals surface area contributed by atoms with E-state index in [0.29, 0.717) is 11.4 Å². The Labute approximate surface area is 99.5 Å². The number of aromatic amines is 1. The number of H-pyrrole nitrogens is 1. The lowest BCUT2D eigenvalue weighted by Gasteiger charge is -2.03. The quantitative estimate of drug-likeness (QED) is 0.559. The van der Waals surface area contributed by atoms with Gasteiger partial charge < -0.3 is 15.6 Å². The van der Waals surface area contributed by atoms with E-state index in [1.54, 1.807) is 12.1 Å². The molecular weight excluding hydrogens is 214 g/mol. The number of fused-ring (bicyclic) bond motifs is 1. The van der Waals surface area contributed by atoms with E-state index in [1.165, 1.54) is 0 Å². The first-order valence-corrected chi connectivity index (χ1v) is 5.28. The minimum atomic E-state index is 0.460.